The van der Waals surface area contributed by atoms with Crippen LogP contribution in [-0.2, 0) is 12.8 Å². The third kappa shape index (κ3) is 3.18. The van der Waals surface area contributed by atoms with Crippen LogP contribution in [0.2, 0.25) is 0 Å². The van der Waals surface area contributed by atoms with Crippen LogP contribution in [0.1, 0.15) is 35.6 Å². The van der Waals surface area contributed by atoms with E-state index >= 15 is 0 Å². The van der Waals surface area contributed by atoms with Gasteiger partial charge in [-0.05, 0) is 25.0 Å². The molecule has 1 amide bonds. The molecule has 0 aliphatic heterocycles. The van der Waals surface area contributed by atoms with Gasteiger partial charge in [-0.1, -0.05) is 19.9 Å². The molecule has 21 heavy (non-hydrogen) atoms. The fraction of sp³-hybridized carbons (Fsp3) is 0.286. The predicted molar refractivity (Wildman–Crippen MR) is 72.9 cm³/mol. The van der Waals surface area contributed by atoms with Crippen LogP contribution in [0.25, 0.3) is 0 Å². The van der Waals surface area contributed by atoms with Crippen LogP contribution in [0.5, 0.6) is 0 Å². The number of nitrogens with one attached hydrogen (secondary N) is 1. The number of anilines is 1. The third-order valence-corrected chi connectivity index (χ3v) is 2.93. The van der Waals surface area contributed by atoms with E-state index in [2.05, 4.69) is 20.5 Å². The highest BCUT2D eigenvalue weighted by atomic mass is 19.2. The first-order chi connectivity index (χ1) is 10.1. The minimum Gasteiger partial charge on any atom is -0.289 e. The summed E-state index contributed by atoms with van der Waals surface area (Å²) in [6.07, 6.45) is 1.31. The van der Waals surface area contributed by atoms with Gasteiger partial charge >= 0.3 is 0 Å². The zero-order valence-electron chi connectivity index (χ0n) is 11.7. The SMILES string of the molecule is CCc1nnc(NC(=O)c2cccc(F)c2F)nc1CC. The zero-order valence-corrected chi connectivity index (χ0v) is 11.7. The van der Waals surface area contributed by atoms with Gasteiger partial charge in [-0.25, -0.2) is 13.8 Å². The van der Waals surface area contributed by atoms with Crippen molar-refractivity contribution in [1.82, 2.24) is 15.2 Å². The van der Waals surface area contributed by atoms with Crippen LogP contribution in [0.3, 0.4) is 0 Å². The molecular formula is C14H14F2N4O. The Hall–Kier alpha value is -2.44. The summed E-state index contributed by atoms with van der Waals surface area (Å²) < 4.78 is 26.6. The second-order valence-corrected chi connectivity index (χ2v) is 4.29. The first-order valence-corrected chi connectivity index (χ1v) is 6.54. The highest BCUT2D eigenvalue weighted by molar-refractivity contribution is 6.03. The molecule has 0 aliphatic rings. The lowest BCUT2D eigenvalue weighted by molar-refractivity contribution is 0.102. The molecule has 110 valence electrons. The number of carbonyl (C=O) groups is 1. The molecule has 0 atom stereocenters. The first-order valence-electron chi connectivity index (χ1n) is 6.54. The van der Waals surface area contributed by atoms with E-state index in [1.807, 2.05) is 13.8 Å². The van der Waals surface area contributed by atoms with Crippen LogP contribution < -0.4 is 5.32 Å². The van der Waals surface area contributed by atoms with Gasteiger partial charge in [-0.3, -0.25) is 10.1 Å². The molecule has 7 heteroatoms. The Labute approximate surface area is 120 Å². The number of hydrogen-bond donors (Lipinski definition) is 1. The average Bonchev–Trinajstić information content (AvgIpc) is 2.49. The van der Waals surface area contributed by atoms with Crippen molar-refractivity contribution in [3.05, 3.63) is 46.8 Å². The fourth-order valence-corrected chi connectivity index (χ4v) is 1.84. The number of aromatic nitrogens is 3. The Morgan fingerprint density at radius 3 is 2.52 bits per heavy atom. The van der Waals surface area contributed by atoms with E-state index in [0.717, 1.165) is 11.8 Å². The van der Waals surface area contributed by atoms with Gasteiger partial charge in [0.25, 0.3) is 5.91 Å². The quantitative estimate of drug-likeness (QED) is 0.940. The van der Waals surface area contributed by atoms with E-state index in [1.165, 1.54) is 12.1 Å². The minimum atomic E-state index is -1.20. The number of halogens is 2. The van der Waals surface area contributed by atoms with Crippen molar-refractivity contribution in [1.29, 1.82) is 0 Å². The van der Waals surface area contributed by atoms with Crippen molar-refractivity contribution in [2.24, 2.45) is 0 Å². The first kappa shape index (κ1) is 15.0. The van der Waals surface area contributed by atoms with Crippen LogP contribution in [-0.4, -0.2) is 21.1 Å². The minimum absolute atomic E-state index is 0.0299. The van der Waals surface area contributed by atoms with Crippen molar-refractivity contribution in [2.45, 2.75) is 26.7 Å². The molecule has 0 spiro atoms. The van der Waals surface area contributed by atoms with Crippen molar-refractivity contribution in [3.8, 4) is 0 Å². The van der Waals surface area contributed by atoms with Crippen molar-refractivity contribution in [3.63, 3.8) is 0 Å². The summed E-state index contributed by atoms with van der Waals surface area (Å²) in [6.45, 7) is 3.83. The number of hydrogen-bond acceptors (Lipinski definition) is 4. The summed E-state index contributed by atoms with van der Waals surface area (Å²) in [6, 6.07) is 3.38. The smallest absolute Gasteiger partial charge is 0.261 e. The molecule has 5 nitrogen and oxygen atoms in total. The number of benzene rings is 1. The molecule has 0 radical (unpaired) electrons. The van der Waals surface area contributed by atoms with Gasteiger partial charge in [0.15, 0.2) is 11.6 Å². The predicted octanol–water partition coefficient (Wildman–Crippen LogP) is 2.53. The molecule has 1 aromatic heterocycles. The summed E-state index contributed by atoms with van der Waals surface area (Å²) in [7, 11) is 0. The van der Waals surface area contributed by atoms with Crippen molar-refractivity contribution in [2.75, 3.05) is 5.32 Å². The lowest BCUT2D eigenvalue weighted by atomic mass is 10.2. The lowest BCUT2D eigenvalue weighted by Gasteiger charge is -2.07. The molecule has 1 heterocycles. The maximum absolute atomic E-state index is 13.5. The van der Waals surface area contributed by atoms with Gasteiger partial charge in [0.2, 0.25) is 5.95 Å². The number of rotatable bonds is 4. The summed E-state index contributed by atoms with van der Waals surface area (Å²) in [5.74, 6) is -3.14. The second-order valence-electron chi connectivity index (χ2n) is 4.29. The summed E-state index contributed by atoms with van der Waals surface area (Å²) in [5, 5.41) is 10.0. The molecule has 0 bridgehead atoms. The normalized spacial score (nSPS) is 10.5. The van der Waals surface area contributed by atoms with Crippen LogP contribution in [0.4, 0.5) is 14.7 Å². The third-order valence-electron chi connectivity index (χ3n) is 2.93. The van der Waals surface area contributed by atoms with E-state index in [4.69, 9.17) is 0 Å². The van der Waals surface area contributed by atoms with E-state index in [-0.39, 0.29) is 5.95 Å². The molecule has 0 unspecified atom stereocenters. The molecule has 0 fully saturated rings. The Morgan fingerprint density at radius 1 is 1.14 bits per heavy atom. The second kappa shape index (κ2) is 6.34. The molecule has 1 aromatic carbocycles. The number of nitrogens with zero attached hydrogens (tertiary/aromatic N) is 3. The number of aryl methyl sites for hydroxylation is 2. The highest BCUT2D eigenvalue weighted by Crippen LogP contribution is 2.13. The standard InChI is InChI=1S/C14H14F2N4O/c1-3-10-11(4-2)19-20-14(17-10)18-13(21)8-6-5-7-9(15)12(8)16/h5-7H,3-4H2,1-2H3,(H,17,18,20,21). The Bertz CT molecular complexity index is 676. The summed E-state index contributed by atoms with van der Waals surface area (Å²) >= 11 is 0. The summed E-state index contributed by atoms with van der Waals surface area (Å²) in [4.78, 5) is 16.1. The Morgan fingerprint density at radius 2 is 1.86 bits per heavy atom. The van der Waals surface area contributed by atoms with Crippen LogP contribution in [0.15, 0.2) is 18.2 Å². The molecule has 2 aromatic rings. The van der Waals surface area contributed by atoms with Crippen molar-refractivity contribution < 1.29 is 13.6 Å². The van der Waals surface area contributed by atoms with Crippen molar-refractivity contribution >= 4 is 11.9 Å². The molecule has 0 saturated carbocycles. The van der Waals surface area contributed by atoms with Gasteiger partial charge in [0, 0.05) is 0 Å². The molecule has 0 aliphatic carbocycles. The fourth-order valence-electron chi connectivity index (χ4n) is 1.84. The summed E-state index contributed by atoms with van der Waals surface area (Å²) in [5.41, 5.74) is 1.05. The maximum Gasteiger partial charge on any atom is 0.261 e. The van der Waals surface area contributed by atoms with E-state index < -0.39 is 23.1 Å². The van der Waals surface area contributed by atoms with E-state index in [1.54, 1.807) is 0 Å². The van der Waals surface area contributed by atoms with Gasteiger partial charge in [-0.15, -0.1) is 10.2 Å². The largest absolute Gasteiger partial charge is 0.289 e. The van der Waals surface area contributed by atoms with Gasteiger partial charge in [0.1, 0.15) is 0 Å². The van der Waals surface area contributed by atoms with E-state index in [9.17, 15) is 13.6 Å². The van der Waals surface area contributed by atoms with Crippen LogP contribution in [0, 0.1) is 11.6 Å². The topological polar surface area (TPSA) is 67.8 Å². The molecule has 2 rings (SSSR count). The zero-order chi connectivity index (χ0) is 15.4. The molecule has 1 N–H and O–H groups in total. The monoisotopic (exact) mass is 292 g/mol. The van der Waals surface area contributed by atoms with Gasteiger partial charge < -0.3 is 0 Å². The lowest BCUT2D eigenvalue weighted by Crippen LogP contribution is -2.18. The van der Waals surface area contributed by atoms with Gasteiger partial charge in [-0.2, -0.15) is 0 Å². The Balaban J connectivity index is 2.25. The van der Waals surface area contributed by atoms with E-state index in [0.29, 0.717) is 18.5 Å². The Kier molecular flexibility index (Phi) is 4.52. The van der Waals surface area contributed by atoms with Crippen LogP contribution >= 0.6 is 0 Å². The molecule has 0 saturated heterocycles. The van der Waals surface area contributed by atoms with Gasteiger partial charge in [0.05, 0.1) is 17.0 Å². The number of amides is 1. The maximum atomic E-state index is 13.5. The number of carbonyl (C=O) groups excluding carboxylic acids is 1. The molecular weight excluding hydrogens is 278 g/mol. The highest BCUT2D eigenvalue weighted by Gasteiger charge is 2.16. The average molecular weight is 292 g/mol.